The summed E-state index contributed by atoms with van der Waals surface area (Å²) in [5.41, 5.74) is 13.0. The van der Waals surface area contributed by atoms with Gasteiger partial charge in [-0.2, -0.15) is 0 Å². The maximum absolute atomic E-state index is 13.1. The number of hydrogen-bond donors (Lipinski definition) is 4. The molecule has 0 radical (unpaired) electrons. The second kappa shape index (κ2) is 7.36. The van der Waals surface area contributed by atoms with Crippen molar-refractivity contribution < 1.29 is 15.0 Å². The summed E-state index contributed by atoms with van der Waals surface area (Å²) >= 11 is 3.38. The van der Waals surface area contributed by atoms with Gasteiger partial charge in [0.25, 0.3) is 0 Å². The normalized spacial score (nSPS) is 27.0. The number of aliphatic hydroxyl groups excluding tert-OH is 2. The molecule has 11 heteroatoms. The summed E-state index contributed by atoms with van der Waals surface area (Å²) in [5, 5.41) is 23.7. The van der Waals surface area contributed by atoms with Gasteiger partial charge in [0.2, 0.25) is 5.91 Å². The summed E-state index contributed by atoms with van der Waals surface area (Å²) < 4.78 is 2.53. The van der Waals surface area contributed by atoms with Crippen molar-refractivity contribution in [2.75, 3.05) is 22.9 Å². The highest BCUT2D eigenvalue weighted by molar-refractivity contribution is 9.10. The average molecular weight is 524 g/mol. The molecule has 1 saturated heterocycles. The fourth-order valence-electron chi connectivity index (χ4n) is 5.49. The highest BCUT2D eigenvalue weighted by Gasteiger charge is 2.58. The molecule has 3 aromatic heterocycles. The second-order valence-electron chi connectivity index (χ2n) is 9.18. The van der Waals surface area contributed by atoms with Gasteiger partial charge in [-0.15, -0.1) is 0 Å². The van der Waals surface area contributed by atoms with Crippen LogP contribution in [0, 0.1) is 5.41 Å². The smallest absolute Gasteiger partial charge is 0.227 e. The first kappa shape index (κ1) is 21.3. The van der Waals surface area contributed by atoms with Crippen LogP contribution in [0.4, 0.5) is 17.3 Å². The number of benzene rings is 1. The number of hydrogen-bond acceptors (Lipinski definition) is 8. The number of rotatable bonds is 2. The van der Waals surface area contributed by atoms with Crippen molar-refractivity contribution in [1.82, 2.24) is 19.5 Å². The summed E-state index contributed by atoms with van der Waals surface area (Å²) in [5.74, 6) is 0.612. The average Bonchev–Trinajstić information content (AvgIpc) is 3.45. The van der Waals surface area contributed by atoms with E-state index in [4.69, 9.17) is 11.5 Å². The van der Waals surface area contributed by atoms with Crippen molar-refractivity contribution >= 4 is 61.1 Å². The van der Waals surface area contributed by atoms with Crippen molar-refractivity contribution in [3.05, 3.63) is 47.3 Å². The number of aromatic nitrogens is 4. The van der Waals surface area contributed by atoms with Gasteiger partial charge in [0.1, 0.15) is 29.7 Å². The maximum Gasteiger partial charge on any atom is 0.227 e. The Morgan fingerprint density at radius 2 is 1.94 bits per heavy atom. The molecular weight excluding hydrogens is 502 g/mol. The molecule has 4 atom stereocenters. The first-order valence-electron chi connectivity index (χ1n) is 10.9. The van der Waals surface area contributed by atoms with E-state index in [1.807, 2.05) is 28.8 Å². The number of amides is 1. The number of carbonyl (C=O) groups excluding carboxylic acids is 1. The number of aliphatic hydroxyl groups is 2. The number of halogens is 1. The Balaban J connectivity index is 1.34. The fraction of sp³-hybridized carbons (Fsp3) is 0.304. The van der Waals surface area contributed by atoms with Crippen LogP contribution in [-0.2, 0) is 4.79 Å². The molecule has 6 rings (SSSR count). The molecule has 1 spiro atoms. The number of anilines is 3. The van der Waals surface area contributed by atoms with E-state index in [2.05, 4.69) is 30.9 Å². The fourth-order valence-corrected chi connectivity index (χ4v) is 5.83. The van der Waals surface area contributed by atoms with Crippen LogP contribution >= 0.6 is 15.9 Å². The maximum atomic E-state index is 13.1. The molecule has 0 bridgehead atoms. The molecule has 174 valence electrons. The van der Waals surface area contributed by atoms with Gasteiger partial charge in [-0.1, -0.05) is 6.07 Å². The molecule has 1 aliphatic heterocycles. The third-order valence-corrected chi connectivity index (χ3v) is 7.86. The third kappa shape index (κ3) is 3.00. The second-order valence-corrected chi connectivity index (χ2v) is 10.0. The van der Waals surface area contributed by atoms with Crippen LogP contribution in [0.2, 0.25) is 0 Å². The number of nitrogens with two attached hydrogens (primary N) is 2. The quantitative estimate of drug-likeness (QED) is 0.310. The standard InChI is InChI=1S/C23H22BrN7O3/c24-14-5-11-1-2-12(6-15(11)29-21(14)26)31-9-23(8-17(31)32)7-16(18(33)19(23)34)30-4-3-13-20(25)27-10-28-22(13)30/h1-6,10,16,18-19,33-34H,7-9H2,(H2,26,29)(H2,25,27,28)/t16-,18+,19+,23+/m1/s1. The Hall–Kier alpha value is -3.28. The lowest BCUT2D eigenvalue weighted by Crippen LogP contribution is -2.38. The van der Waals surface area contributed by atoms with E-state index in [9.17, 15) is 15.0 Å². The van der Waals surface area contributed by atoms with Crippen LogP contribution in [0.5, 0.6) is 0 Å². The highest BCUT2D eigenvalue weighted by atomic mass is 79.9. The molecular formula is C23H22BrN7O3. The van der Waals surface area contributed by atoms with E-state index in [-0.39, 0.29) is 18.9 Å². The zero-order valence-corrected chi connectivity index (χ0v) is 19.6. The summed E-state index contributed by atoms with van der Waals surface area (Å²) in [4.78, 5) is 27.5. The predicted molar refractivity (Wildman–Crippen MR) is 131 cm³/mol. The zero-order chi connectivity index (χ0) is 23.8. The van der Waals surface area contributed by atoms with Crippen LogP contribution in [0.3, 0.4) is 0 Å². The van der Waals surface area contributed by atoms with Gasteiger partial charge in [-0.3, -0.25) is 4.79 Å². The first-order valence-corrected chi connectivity index (χ1v) is 11.7. The SMILES string of the molecule is Nc1nc2cc(N3C[C@@]4(CC3=O)C[C@@H](n3ccc5c(N)ncnc53)[C@H](O)[C@@H]4O)ccc2cc1Br. The van der Waals surface area contributed by atoms with Crippen molar-refractivity contribution in [1.29, 1.82) is 0 Å². The minimum absolute atomic E-state index is 0.111. The molecule has 6 N–H and O–H groups in total. The molecule has 1 aliphatic carbocycles. The lowest BCUT2D eigenvalue weighted by Gasteiger charge is -2.27. The van der Waals surface area contributed by atoms with Crippen molar-refractivity contribution in [3.63, 3.8) is 0 Å². The predicted octanol–water partition coefficient (Wildman–Crippen LogP) is 2.00. The van der Waals surface area contributed by atoms with E-state index in [0.717, 1.165) is 5.39 Å². The van der Waals surface area contributed by atoms with E-state index in [1.54, 1.807) is 17.2 Å². The molecule has 34 heavy (non-hydrogen) atoms. The molecule has 1 amide bonds. The molecule has 2 fully saturated rings. The molecule has 4 aromatic rings. The van der Waals surface area contributed by atoms with E-state index in [1.165, 1.54) is 6.33 Å². The van der Waals surface area contributed by atoms with E-state index in [0.29, 0.717) is 44.8 Å². The van der Waals surface area contributed by atoms with Crippen LogP contribution in [-0.4, -0.2) is 54.4 Å². The molecule has 4 heterocycles. The largest absolute Gasteiger partial charge is 0.390 e. The minimum Gasteiger partial charge on any atom is -0.390 e. The minimum atomic E-state index is -1.08. The van der Waals surface area contributed by atoms with E-state index < -0.39 is 23.7 Å². The lowest BCUT2D eigenvalue weighted by atomic mass is 9.82. The van der Waals surface area contributed by atoms with Crippen LogP contribution < -0.4 is 16.4 Å². The first-order chi connectivity index (χ1) is 16.3. The molecule has 10 nitrogen and oxygen atoms in total. The van der Waals surface area contributed by atoms with Gasteiger partial charge in [0.15, 0.2) is 0 Å². The number of nitrogens with zero attached hydrogens (tertiary/aromatic N) is 5. The molecule has 2 aliphatic rings. The Morgan fingerprint density at radius 3 is 2.76 bits per heavy atom. The van der Waals surface area contributed by atoms with Crippen LogP contribution in [0.15, 0.2) is 47.3 Å². The zero-order valence-electron chi connectivity index (χ0n) is 18.0. The number of carbonyl (C=O) groups is 1. The Bertz CT molecular complexity index is 1470. The summed E-state index contributed by atoms with van der Waals surface area (Å²) in [6.45, 7) is 0.286. The van der Waals surface area contributed by atoms with Crippen molar-refractivity contribution in [2.24, 2.45) is 5.41 Å². The van der Waals surface area contributed by atoms with Crippen LogP contribution in [0.1, 0.15) is 18.9 Å². The van der Waals surface area contributed by atoms with Gasteiger partial charge < -0.3 is 31.1 Å². The number of nitrogen functional groups attached to an aromatic ring is 2. The molecule has 1 saturated carbocycles. The summed E-state index contributed by atoms with van der Waals surface area (Å²) in [6, 6.07) is 8.80. The topological polar surface area (TPSA) is 156 Å². The lowest BCUT2D eigenvalue weighted by molar-refractivity contribution is -0.118. The molecule has 1 aromatic carbocycles. The highest BCUT2D eigenvalue weighted by Crippen LogP contribution is 2.52. The molecule has 0 unspecified atom stereocenters. The Morgan fingerprint density at radius 1 is 1.12 bits per heavy atom. The van der Waals surface area contributed by atoms with Gasteiger partial charge in [-0.05, 0) is 46.6 Å². The van der Waals surface area contributed by atoms with Crippen LogP contribution in [0.25, 0.3) is 21.9 Å². The van der Waals surface area contributed by atoms with Crippen molar-refractivity contribution in [3.8, 4) is 0 Å². The van der Waals surface area contributed by atoms with E-state index >= 15 is 0 Å². The van der Waals surface area contributed by atoms with Gasteiger partial charge in [-0.25, -0.2) is 15.0 Å². The Labute approximate surface area is 202 Å². The Kier molecular flexibility index (Phi) is 4.60. The monoisotopic (exact) mass is 523 g/mol. The third-order valence-electron chi connectivity index (χ3n) is 7.23. The van der Waals surface area contributed by atoms with Crippen molar-refractivity contribution in [2.45, 2.75) is 31.1 Å². The number of pyridine rings is 1. The summed E-state index contributed by atoms with van der Waals surface area (Å²) in [7, 11) is 0. The number of fused-ring (bicyclic) bond motifs is 2. The van der Waals surface area contributed by atoms with Gasteiger partial charge in [0.05, 0.1) is 27.5 Å². The van der Waals surface area contributed by atoms with Gasteiger partial charge >= 0.3 is 0 Å². The summed E-state index contributed by atoms with van der Waals surface area (Å²) in [6.07, 6.45) is 1.58. The van der Waals surface area contributed by atoms with Gasteiger partial charge in [0, 0.05) is 35.7 Å².